The van der Waals surface area contributed by atoms with Gasteiger partial charge in [-0.3, -0.25) is 4.79 Å². The van der Waals surface area contributed by atoms with E-state index >= 15 is 0 Å². The molecule has 0 spiro atoms. The van der Waals surface area contributed by atoms with Gasteiger partial charge < -0.3 is 10.4 Å². The van der Waals surface area contributed by atoms with E-state index in [1.54, 1.807) is 0 Å². The summed E-state index contributed by atoms with van der Waals surface area (Å²) in [5, 5.41) is 11.6. The molecule has 4 heteroatoms. The van der Waals surface area contributed by atoms with Gasteiger partial charge in [-0.05, 0) is 31.1 Å². The van der Waals surface area contributed by atoms with Crippen molar-refractivity contribution in [1.29, 1.82) is 0 Å². The van der Waals surface area contributed by atoms with Crippen LogP contribution in [0.5, 0.6) is 0 Å². The Morgan fingerprint density at radius 1 is 1.25 bits per heavy atom. The first-order valence-electron chi connectivity index (χ1n) is 6.19. The third-order valence-corrected chi connectivity index (χ3v) is 3.68. The van der Waals surface area contributed by atoms with Crippen molar-refractivity contribution in [3.05, 3.63) is 0 Å². The highest BCUT2D eigenvalue weighted by Gasteiger charge is 2.37. The zero-order valence-corrected chi connectivity index (χ0v) is 9.45. The summed E-state index contributed by atoms with van der Waals surface area (Å²) in [6.45, 7) is 0. The fourth-order valence-electron chi connectivity index (χ4n) is 2.17. The van der Waals surface area contributed by atoms with E-state index in [4.69, 9.17) is 5.11 Å². The van der Waals surface area contributed by atoms with Gasteiger partial charge in [0, 0.05) is 6.42 Å². The molecule has 0 aromatic rings. The highest BCUT2D eigenvalue weighted by Crippen LogP contribution is 2.33. The van der Waals surface area contributed by atoms with Gasteiger partial charge in [0.1, 0.15) is 6.04 Å². The molecule has 2 N–H and O–H groups in total. The molecule has 0 aromatic carbocycles. The first kappa shape index (κ1) is 11.4. The van der Waals surface area contributed by atoms with Gasteiger partial charge in [-0.15, -0.1) is 0 Å². The number of hydrogen-bond donors (Lipinski definition) is 2. The lowest BCUT2D eigenvalue weighted by Crippen LogP contribution is -2.42. The SMILES string of the molecule is O=C(CCC1CCC1)NC(C(=O)O)C1CC1. The Morgan fingerprint density at radius 2 is 1.94 bits per heavy atom. The quantitative estimate of drug-likeness (QED) is 0.720. The molecule has 2 aliphatic rings. The van der Waals surface area contributed by atoms with Crippen molar-refractivity contribution in [3.63, 3.8) is 0 Å². The maximum atomic E-state index is 11.6. The van der Waals surface area contributed by atoms with Crippen LogP contribution in [0.4, 0.5) is 0 Å². The standard InChI is InChI=1S/C12H19NO3/c14-10(7-4-8-2-1-3-8)13-11(12(15)16)9-5-6-9/h8-9,11H,1-7H2,(H,13,14)(H,15,16). The minimum atomic E-state index is -0.889. The molecule has 4 nitrogen and oxygen atoms in total. The number of rotatable bonds is 6. The largest absolute Gasteiger partial charge is 0.480 e. The van der Waals surface area contributed by atoms with Gasteiger partial charge in [0.15, 0.2) is 0 Å². The summed E-state index contributed by atoms with van der Waals surface area (Å²) in [5.41, 5.74) is 0. The van der Waals surface area contributed by atoms with Crippen LogP contribution in [0.2, 0.25) is 0 Å². The van der Waals surface area contributed by atoms with Crippen LogP contribution in [-0.2, 0) is 9.59 Å². The Hall–Kier alpha value is -1.06. The average molecular weight is 225 g/mol. The molecule has 0 bridgehead atoms. The van der Waals surface area contributed by atoms with E-state index in [2.05, 4.69) is 5.32 Å². The van der Waals surface area contributed by atoms with E-state index in [0.29, 0.717) is 12.3 Å². The van der Waals surface area contributed by atoms with Gasteiger partial charge in [-0.1, -0.05) is 19.3 Å². The molecule has 2 saturated carbocycles. The van der Waals surface area contributed by atoms with Crippen LogP contribution in [0.1, 0.15) is 44.9 Å². The second-order valence-corrected chi connectivity index (χ2v) is 5.06. The topological polar surface area (TPSA) is 66.4 Å². The van der Waals surface area contributed by atoms with Crippen molar-refractivity contribution in [2.45, 2.75) is 51.0 Å². The summed E-state index contributed by atoms with van der Waals surface area (Å²) in [5.74, 6) is -0.106. The first-order valence-corrected chi connectivity index (χ1v) is 6.19. The van der Waals surface area contributed by atoms with Crippen molar-refractivity contribution in [2.24, 2.45) is 11.8 Å². The predicted molar refractivity (Wildman–Crippen MR) is 58.9 cm³/mol. The molecule has 2 rings (SSSR count). The number of carbonyl (C=O) groups excluding carboxylic acids is 1. The number of carboxylic acid groups (broad SMARTS) is 1. The molecular formula is C12H19NO3. The molecule has 0 radical (unpaired) electrons. The summed E-state index contributed by atoms with van der Waals surface area (Å²) < 4.78 is 0. The fraction of sp³-hybridized carbons (Fsp3) is 0.833. The van der Waals surface area contributed by atoms with Gasteiger partial charge in [0.25, 0.3) is 0 Å². The van der Waals surface area contributed by atoms with Gasteiger partial charge in [-0.25, -0.2) is 4.79 Å². The van der Waals surface area contributed by atoms with Crippen LogP contribution >= 0.6 is 0 Å². The molecule has 2 aliphatic carbocycles. The van der Waals surface area contributed by atoms with E-state index in [0.717, 1.165) is 19.3 Å². The summed E-state index contributed by atoms with van der Waals surface area (Å²) in [7, 11) is 0. The third-order valence-electron chi connectivity index (χ3n) is 3.68. The van der Waals surface area contributed by atoms with E-state index in [9.17, 15) is 9.59 Å². The molecule has 1 atom stereocenters. The fourth-order valence-corrected chi connectivity index (χ4v) is 2.17. The molecule has 16 heavy (non-hydrogen) atoms. The Bertz CT molecular complexity index is 282. The van der Waals surface area contributed by atoms with Gasteiger partial charge in [0.05, 0.1) is 0 Å². The van der Waals surface area contributed by atoms with Gasteiger partial charge in [0.2, 0.25) is 5.91 Å². The normalized spacial score (nSPS) is 22.2. The van der Waals surface area contributed by atoms with Gasteiger partial charge in [-0.2, -0.15) is 0 Å². The smallest absolute Gasteiger partial charge is 0.326 e. The number of amides is 1. The number of nitrogens with one attached hydrogen (secondary N) is 1. The van der Waals surface area contributed by atoms with Crippen LogP contribution in [0.15, 0.2) is 0 Å². The Kier molecular flexibility index (Phi) is 3.46. The second kappa shape index (κ2) is 4.85. The number of carbonyl (C=O) groups is 2. The van der Waals surface area contributed by atoms with Crippen LogP contribution in [-0.4, -0.2) is 23.0 Å². The Labute approximate surface area is 95.4 Å². The van der Waals surface area contributed by atoms with Gasteiger partial charge >= 0.3 is 5.97 Å². The lowest BCUT2D eigenvalue weighted by molar-refractivity contribution is -0.142. The highest BCUT2D eigenvalue weighted by atomic mass is 16.4. The molecule has 0 heterocycles. The molecular weight excluding hydrogens is 206 g/mol. The van der Waals surface area contributed by atoms with Crippen molar-refractivity contribution in [2.75, 3.05) is 0 Å². The molecule has 1 amide bonds. The van der Waals surface area contributed by atoms with E-state index < -0.39 is 12.0 Å². The van der Waals surface area contributed by atoms with Crippen LogP contribution in [0.3, 0.4) is 0 Å². The lowest BCUT2D eigenvalue weighted by Gasteiger charge is -2.25. The molecule has 1 unspecified atom stereocenters. The number of aliphatic carboxylic acids is 1. The number of hydrogen-bond acceptors (Lipinski definition) is 2. The third kappa shape index (κ3) is 2.97. The minimum absolute atomic E-state index is 0.0915. The highest BCUT2D eigenvalue weighted by molar-refractivity contribution is 5.84. The average Bonchev–Trinajstić information content (AvgIpc) is 2.94. The van der Waals surface area contributed by atoms with Crippen LogP contribution in [0, 0.1) is 11.8 Å². The van der Waals surface area contributed by atoms with Crippen molar-refractivity contribution in [1.82, 2.24) is 5.32 Å². The first-order chi connectivity index (χ1) is 7.66. The molecule has 0 aromatic heterocycles. The molecule has 2 fully saturated rings. The van der Waals surface area contributed by atoms with Crippen molar-refractivity contribution >= 4 is 11.9 Å². The van der Waals surface area contributed by atoms with Crippen molar-refractivity contribution < 1.29 is 14.7 Å². The van der Waals surface area contributed by atoms with Crippen LogP contribution in [0.25, 0.3) is 0 Å². The summed E-state index contributed by atoms with van der Waals surface area (Å²) in [4.78, 5) is 22.5. The Balaban J connectivity index is 1.69. The van der Waals surface area contributed by atoms with E-state index in [1.807, 2.05) is 0 Å². The number of carboxylic acids is 1. The molecule has 0 saturated heterocycles. The minimum Gasteiger partial charge on any atom is -0.480 e. The molecule has 90 valence electrons. The lowest BCUT2D eigenvalue weighted by atomic mass is 9.82. The Morgan fingerprint density at radius 3 is 2.38 bits per heavy atom. The van der Waals surface area contributed by atoms with Crippen LogP contribution < -0.4 is 5.32 Å². The predicted octanol–water partition coefficient (Wildman–Crippen LogP) is 1.55. The molecule has 0 aliphatic heterocycles. The maximum Gasteiger partial charge on any atom is 0.326 e. The zero-order valence-electron chi connectivity index (χ0n) is 9.45. The second-order valence-electron chi connectivity index (χ2n) is 5.06. The maximum absolute atomic E-state index is 11.6. The summed E-state index contributed by atoms with van der Waals surface area (Å²) >= 11 is 0. The van der Waals surface area contributed by atoms with Crippen molar-refractivity contribution in [3.8, 4) is 0 Å². The monoisotopic (exact) mass is 225 g/mol. The zero-order chi connectivity index (χ0) is 11.5. The van der Waals surface area contributed by atoms with E-state index in [-0.39, 0.29) is 11.8 Å². The summed E-state index contributed by atoms with van der Waals surface area (Å²) in [6, 6.07) is -0.645. The summed E-state index contributed by atoms with van der Waals surface area (Å²) in [6.07, 6.45) is 7.02. The van der Waals surface area contributed by atoms with E-state index in [1.165, 1.54) is 19.3 Å².